The van der Waals surface area contributed by atoms with Gasteiger partial charge in [0.2, 0.25) is 0 Å². The predicted octanol–water partition coefficient (Wildman–Crippen LogP) is 18.0. The molecule has 0 heteroatoms. The normalized spacial score (nSPS) is 13.2. The molecule has 0 fully saturated rings. The van der Waals surface area contributed by atoms with Crippen molar-refractivity contribution in [2.75, 3.05) is 0 Å². The van der Waals surface area contributed by atoms with Crippen LogP contribution in [0.1, 0.15) is 22.3 Å². The zero-order chi connectivity index (χ0) is 43.8. The minimum Gasteiger partial charge on any atom is -0.0619 e. The summed E-state index contributed by atoms with van der Waals surface area (Å²) in [6, 6.07) is 91.5. The van der Waals surface area contributed by atoms with Gasteiger partial charge < -0.3 is 0 Å². The Labute approximate surface area is 388 Å². The lowest BCUT2D eigenvalue weighted by atomic mass is 9.69. The molecule has 0 radical (unpaired) electrons. The molecule has 1 spiro atoms. The molecule has 0 aliphatic heterocycles. The minimum atomic E-state index is -0.493. The summed E-state index contributed by atoms with van der Waals surface area (Å²) in [6.45, 7) is 0. The fourth-order valence-electron chi connectivity index (χ4n) is 12.8. The van der Waals surface area contributed by atoms with Gasteiger partial charge in [-0.1, -0.05) is 218 Å². The van der Waals surface area contributed by atoms with E-state index in [1.165, 1.54) is 143 Å². The van der Waals surface area contributed by atoms with Crippen molar-refractivity contribution < 1.29 is 0 Å². The lowest BCUT2D eigenvalue weighted by molar-refractivity contribution is 0.803. The van der Waals surface area contributed by atoms with Crippen molar-refractivity contribution in [2.24, 2.45) is 0 Å². The molecule has 15 rings (SSSR count). The van der Waals surface area contributed by atoms with Crippen LogP contribution in [0.15, 0.2) is 243 Å². The summed E-state index contributed by atoms with van der Waals surface area (Å²) in [4.78, 5) is 0. The molecule has 67 heavy (non-hydrogen) atoms. The quantitative estimate of drug-likeness (QED) is 0.123. The fourth-order valence-corrected chi connectivity index (χ4v) is 12.8. The van der Waals surface area contributed by atoms with Crippen LogP contribution >= 0.6 is 0 Å². The lowest BCUT2D eigenvalue weighted by Gasteiger charge is -2.32. The molecule has 0 N–H and O–H groups in total. The molecule has 0 saturated carbocycles. The van der Waals surface area contributed by atoms with E-state index in [4.69, 9.17) is 0 Å². The van der Waals surface area contributed by atoms with Gasteiger partial charge in [-0.3, -0.25) is 0 Å². The number of benzene rings is 13. The summed E-state index contributed by atoms with van der Waals surface area (Å²) in [5.74, 6) is 0. The Morgan fingerprint density at radius 3 is 1.33 bits per heavy atom. The Morgan fingerprint density at radius 1 is 0.209 bits per heavy atom. The topological polar surface area (TPSA) is 0 Å². The molecular weight excluding hydrogens is 805 g/mol. The van der Waals surface area contributed by atoms with Crippen molar-refractivity contribution in [1.29, 1.82) is 0 Å². The third-order valence-electron chi connectivity index (χ3n) is 15.4. The maximum Gasteiger partial charge on any atom is 0.0731 e. The molecule has 308 valence electrons. The van der Waals surface area contributed by atoms with Crippen molar-refractivity contribution >= 4 is 64.6 Å². The van der Waals surface area contributed by atoms with E-state index in [-0.39, 0.29) is 0 Å². The maximum absolute atomic E-state index is 2.52. The first-order valence-electron chi connectivity index (χ1n) is 23.5. The van der Waals surface area contributed by atoms with Gasteiger partial charge >= 0.3 is 0 Å². The first-order valence-corrected chi connectivity index (χ1v) is 23.5. The minimum absolute atomic E-state index is 0.493. The zero-order valence-corrected chi connectivity index (χ0v) is 36.6. The van der Waals surface area contributed by atoms with E-state index in [2.05, 4.69) is 243 Å². The largest absolute Gasteiger partial charge is 0.0731 e. The van der Waals surface area contributed by atoms with E-state index < -0.39 is 5.41 Å². The Hall–Kier alpha value is -8.58. The molecule has 0 nitrogen and oxygen atoms in total. The van der Waals surface area contributed by atoms with Crippen LogP contribution in [0.5, 0.6) is 0 Å². The second-order valence-electron chi connectivity index (χ2n) is 18.6. The van der Waals surface area contributed by atoms with E-state index in [1.807, 2.05) is 0 Å². The average molecular weight is 845 g/mol. The van der Waals surface area contributed by atoms with Gasteiger partial charge in [0.15, 0.2) is 0 Å². The van der Waals surface area contributed by atoms with Gasteiger partial charge in [0, 0.05) is 0 Å². The summed E-state index contributed by atoms with van der Waals surface area (Å²) >= 11 is 0. The first-order chi connectivity index (χ1) is 33.3. The van der Waals surface area contributed by atoms with Crippen LogP contribution in [0.25, 0.3) is 120 Å². The second kappa shape index (κ2) is 13.7. The van der Waals surface area contributed by atoms with E-state index >= 15 is 0 Å². The molecule has 0 atom stereocenters. The van der Waals surface area contributed by atoms with Crippen molar-refractivity contribution in [2.45, 2.75) is 5.41 Å². The number of rotatable bonds is 3. The standard InChI is InChI=1S/C67H40/c1-2-19-43-40-62-59(38-42(43)18-1)65-52-27-6-5-24-49(52)58-39-46(35-36-57(58)66(65)67(62)60-33-13-11-25-50(60)51-26-12-14-34-61(51)67)64-55-30-9-7-28-53(55)63(54-29-8-10-31-56(54)64)45-22-15-21-44(37-45)48-32-16-20-41-17-3-4-23-47(41)48/h1-40H. The van der Waals surface area contributed by atoms with Crippen LogP contribution in [0.3, 0.4) is 0 Å². The summed E-state index contributed by atoms with van der Waals surface area (Å²) < 4.78 is 0. The summed E-state index contributed by atoms with van der Waals surface area (Å²) in [5, 5.41) is 15.3. The van der Waals surface area contributed by atoms with Gasteiger partial charge in [-0.25, -0.2) is 0 Å². The third-order valence-corrected chi connectivity index (χ3v) is 15.4. The van der Waals surface area contributed by atoms with Crippen molar-refractivity contribution in [3.8, 4) is 55.6 Å². The summed E-state index contributed by atoms with van der Waals surface area (Å²) in [7, 11) is 0. The Kier molecular flexibility index (Phi) is 7.52. The molecule has 0 unspecified atom stereocenters. The average Bonchev–Trinajstić information content (AvgIpc) is 3.86. The molecule has 0 bridgehead atoms. The van der Waals surface area contributed by atoms with E-state index in [0.29, 0.717) is 0 Å². The number of hydrogen-bond acceptors (Lipinski definition) is 0. The van der Waals surface area contributed by atoms with Crippen LogP contribution in [0, 0.1) is 0 Å². The third kappa shape index (κ3) is 4.92. The molecular formula is C67H40. The molecule has 2 aliphatic carbocycles. The highest BCUT2D eigenvalue weighted by Crippen LogP contribution is 2.66. The predicted molar refractivity (Wildman–Crippen MR) is 284 cm³/mol. The Balaban J connectivity index is 1.02. The molecule has 0 aromatic heterocycles. The molecule has 2 aliphatic rings. The highest BCUT2D eigenvalue weighted by atomic mass is 14.5. The lowest BCUT2D eigenvalue weighted by Crippen LogP contribution is -2.26. The van der Waals surface area contributed by atoms with Crippen molar-refractivity contribution in [3.63, 3.8) is 0 Å². The van der Waals surface area contributed by atoms with Gasteiger partial charge in [-0.15, -0.1) is 0 Å². The van der Waals surface area contributed by atoms with Gasteiger partial charge in [0.1, 0.15) is 0 Å². The SMILES string of the molecule is c1cc(-c2cccc3ccccc23)cc(-c2c3ccccc3c(-c3ccc4c5c(c6ccccc6c4c3)-c3cc4ccccc4cc3C53c4ccccc4-c4ccccc43)c3ccccc23)c1. The monoisotopic (exact) mass is 844 g/mol. The van der Waals surface area contributed by atoms with Crippen LogP contribution in [-0.2, 0) is 5.41 Å². The van der Waals surface area contributed by atoms with Crippen LogP contribution in [0.4, 0.5) is 0 Å². The van der Waals surface area contributed by atoms with E-state index in [0.717, 1.165) is 0 Å². The van der Waals surface area contributed by atoms with Crippen LogP contribution in [-0.4, -0.2) is 0 Å². The van der Waals surface area contributed by atoms with Crippen molar-refractivity contribution in [1.82, 2.24) is 0 Å². The highest BCUT2D eigenvalue weighted by molar-refractivity contribution is 6.25. The molecule has 13 aromatic carbocycles. The number of hydrogen-bond donors (Lipinski definition) is 0. The van der Waals surface area contributed by atoms with Gasteiger partial charge in [0.25, 0.3) is 0 Å². The van der Waals surface area contributed by atoms with E-state index in [9.17, 15) is 0 Å². The van der Waals surface area contributed by atoms with Crippen LogP contribution in [0.2, 0.25) is 0 Å². The van der Waals surface area contributed by atoms with Gasteiger partial charge in [-0.2, -0.15) is 0 Å². The van der Waals surface area contributed by atoms with Crippen molar-refractivity contribution in [3.05, 3.63) is 265 Å². The smallest absolute Gasteiger partial charge is 0.0619 e. The molecule has 0 heterocycles. The Bertz CT molecular complexity index is 4170. The molecule has 0 amide bonds. The Morgan fingerprint density at radius 2 is 0.672 bits per heavy atom. The van der Waals surface area contributed by atoms with Gasteiger partial charge in [0.05, 0.1) is 5.41 Å². The number of fused-ring (bicyclic) bond motifs is 19. The van der Waals surface area contributed by atoms with Gasteiger partial charge in [-0.05, 0) is 167 Å². The second-order valence-corrected chi connectivity index (χ2v) is 18.6. The summed E-state index contributed by atoms with van der Waals surface area (Å²) in [5.41, 5.74) is 17.8. The van der Waals surface area contributed by atoms with E-state index in [1.54, 1.807) is 0 Å². The molecule has 0 saturated heterocycles. The molecule has 13 aromatic rings. The zero-order valence-electron chi connectivity index (χ0n) is 36.6. The van der Waals surface area contributed by atoms with Crippen LogP contribution < -0.4 is 0 Å². The first kappa shape index (κ1) is 36.7. The fraction of sp³-hybridized carbons (Fsp3) is 0.0149. The summed E-state index contributed by atoms with van der Waals surface area (Å²) in [6.07, 6.45) is 0. The highest BCUT2D eigenvalue weighted by Gasteiger charge is 2.53. The maximum atomic E-state index is 2.52.